The van der Waals surface area contributed by atoms with Crippen LogP contribution in [0.5, 0.6) is 0 Å². The summed E-state index contributed by atoms with van der Waals surface area (Å²) >= 11 is 0. The van der Waals surface area contributed by atoms with Gasteiger partial charge in [-0.15, -0.1) is 0 Å². The van der Waals surface area contributed by atoms with Gasteiger partial charge in [0.25, 0.3) is 0 Å². The van der Waals surface area contributed by atoms with Gasteiger partial charge in [-0.05, 0) is 0 Å². The number of hydrogen-bond acceptors (Lipinski definition) is 22. The molecule has 0 bridgehead atoms. The Kier molecular flexibility index (Phi) is 51.8. The number of amides is 6. The van der Waals surface area contributed by atoms with Gasteiger partial charge in [-0.1, -0.05) is 0 Å². The van der Waals surface area contributed by atoms with Crippen molar-refractivity contribution in [1.82, 2.24) is 83.4 Å². The summed E-state index contributed by atoms with van der Waals surface area (Å²) in [6.07, 6.45) is 1.39. The Morgan fingerprint density at radius 1 is 0.211 bits per heavy atom. The standard InChI is InChI=1S/C48H108N22O6/c49-7-13-55-19-25-61-43(71)1-31-67(32-2-44(72)62-26-20-56-14-8-50)37-40-70(41-38-68(33-3-45(73)63-27-21-57-15-9-51)34-4-46(74)64-28-22-58-16-10-52)42-39-69(35-5-47(75)65-29-23-59-17-11-53)36-6-48(76)66-30-24-60-18-12-54/h55-60H,1-42,49-54H2,(H,61,71)(H,62,72)(H,63,73)(H,64,74)(H,65,75)(H,66,76). The van der Waals surface area contributed by atoms with E-state index in [0.29, 0.717) is 236 Å². The second kappa shape index (κ2) is 54.5. The van der Waals surface area contributed by atoms with Crippen molar-refractivity contribution in [3.05, 3.63) is 0 Å². The van der Waals surface area contributed by atoms with Crippen LogP contribution in [-0.4, -0.2) is 291 Å². The lowest BCUT2D eigenvalue weighted by atomic mass is 10.2. The fraction of sp³-hybridized carbons (Fsp3) is 0.875. The average Bonchev–Trinajstić information content (AvgIpc) is 3.41. The summed E-state index contributed by atoms with van der Waals surface area (Å²) in [5, 5.41) is 36.8. The molecule has 0 fully saturated rings. The summed E-state index contributed by atoms with van der Waals surface area (Å²) < 4.78 is 0. The first-order valence-electron chi connectivity index (χ1n) is 28.0. The van der Waals surface area contributed by atoms with Gasteiger partial charge >= 0.3 is 0 Å². The molecule has 0 aromatic heterocycles. The van der Waals surface area contributed by atoms with Crippen LogP contribution in [-0.2, 0) is 28.8 Å². The van der Waals surface area contributed by atoms with E-state index in [1.807, 2.05) is 0 Å². The van der Waals surface area contributed by atoms with Gasteiger partial charge in [0.15, 0.2) is 0 Å². The maximum absolute atomic E-state index is 13.0. The smallest absolute Gasteiger partial charge is 0.221 e. The third-order valence-electron chi connectivity index (χ3n) is 11.8. The van der Waals surface area contributed by atoms with E-state index >= 15 is 0 Å². The summed E-state index contributed by atoms with van der Waals surface area (Å²) in [5.41, 5.74) is 33.5. The van der Waals surface area contributed by atoms with Crippen molar-refractivity contribution >= 4 is 35.4 Å². The second-order valence-electron chi connectivity index (χ2n) is 18.2. The van der Waals surface area contributed by atoms with Crippen LogP contribution in [0.4, 0.5) is 0 Å². The van der Waals surface area contributed by atoms with Gasteiger partial charge in [-0.2, -0.15) is 0 Å². The molecule has 28 heteroatoms. The Labute approximate surface area is 455 Å². The number of nitrogens with zero attached hydrogens (tertiary/aromatic N) is 4. The normalized spacial score (nSPS) is 11.4. The molecule has 0 aliphatic rings. The first kappa shape index (κ1) is 72.2. The van der Waals surface area contributed by atoms with Crippen LogP contribution in [0.3, 0.4) is 0 Å². The lowest BCUT2D eigenvalue weighted by Gasteiger charge is -2.32. The van der Waals surface area contributed by atoms with Crippen molar-refractivity contribution in [1.29, 1.82) is 0 Å². The Bertz CT molecular complexity index is 1180. The van der Waals surface area contributed by atoms with E-state index in [-0.39, 0.29) is 74.0 Å². The first-order chi connectivity index (χ1) is 37.0. The SMILES string of the molecule is NCCNCCNC(=O)CCN(CCC(=O)NCCNCCN)CCN(CCN(CCC(=O)NCCNCCN)CCC(=O)NCCNCCN)CCN(CCC(=O)NCCNCCN)CCC(=O)NCCNCCN. The lowest BCUT2D eigenvalue weighted by Crippen LogP contribution is -2.46. The van der Waals surface area contributed by atoms with Crippen LogP contribution in [0.25, 0.3) is 0 Å². The Morgan fingerprint density at radius 3 is 0.500 bits per heavy atom. The fourth-order valence-electron chi connectivity index (χ4n) is 7.38. The monoisotopic (exact) mass is 1090 g/mol. The van der Waals surface area contributed by atoms with E-state index in [1.165, 1.54) is 0 Å². The van der Waals surface area contributed by atoms with Crippen molar-refractivity contribution in [3.63, 3.8) is 0 Å². The van der Waals surface area contributed by atoms with Gasteiger partial charge in [0.1, 0.15) is 0 Å². The van der Waals surface area contributed by atoms with Crippen molar-refractivity contribution < 1.29 is 28.8 Å². The van der Waals surface area contributed by atoms with Crippen LogP contribution in [0.2, 0.25) is 0 Å². The molecule has 0 saturated carbocycles. The molecule has 0 atom stereocenters. The van der Waals surface area contributed by atoms with Gasteiger partial charge in [0, 0.05) is 274 Å². The van der Waals surface area contributed by atoms with E-state index in [4.69, 9.17) is 34.4 Å². The summed E-state index contributed by atoms with van der Waals surface area (Å²) in [6, 6.07) is 0. The Hall–Kier alpha value is -3.82. The van der Waals surface area contributed by atoms with Gasteiger partial charge in [0.2, 0.25) is 35.4 Å². The number of nitrogens with one attached hydrogen (secondary N) is 12. The molecule has 24 N–H and O–H groups in total. The minimum Gasteiger partial charge on any atom is -0.355 e. The molecule has 446 valence electrons. The maximum atomic E-state index is 13.0. The molecule has 0 aromatic rings. The Morgan fingerprint density at radius 2 is 0.355 bits per heavy atom. The quantitative estimate of drug-likeness (QED) is 0.0252. The molecule has 0 radical (unpaired) electrons. The molecule has 0 unspecified atom stereocenters. The average molecular weight is 1090 g/mol. The molecule has 0 aliphatic heterocycles. The molecule has 0 aliphatic carbocycles. The van der Waals surface area contributed by atoms with Crippen molar-refractivity contribution in [2.45, 2.75) is 38.5 Å². The summed E-state index contributed by atoms with van der Waals surface area (Å²) in [5.74, 6) is -0.602. The lowest BCUT2D eigenvalue weighted by molar-refractivity contribution is -0.123. The van der Waals surface area contributed by atoms with Crippen LogP contribution >= 0.6 is 0 Å². The summed E-state index contributed by atoms with van der Waals surface area (Å²) in [4.78, 5) is 86.8. The van der Waals surface area contributed by atoms with E-state index in [0.717, 1.165) is 0 Å². The van der Waals surface area contributed by atoms with Crippen molar-refractivity contribution in [3.8, 4) is 0 Å². The minimum absolute atomic E-state index is 0.100. The zero-order chi connectivity index (χ0) is 56.0. The second-order valence-corrected chi connectivity index (χ2v) is 18.2. The molecule has 0 rings (SSSR count). The largest absolute Gasteiger partial charge is 0.355 e. The number of rotatable bonds is 57. The van der Waals surface area contributed by atoms with Crippen molar-refractivity contribution in [2.24, 2.45) is 34.4 Å². The third kappa shape index (κ3) is 48.5. The van der Waals surface area contributed by atoms with Crippen LogP contribution in [0.1, 0.15) is 38.5 Å². The molecule has 6 amide bonds. The molecule has 0 aromatic carbocycles. The van der Waals surface area contributed by atoms with E-state index in [2.05, 4.69) is 83.4 Å². The predicted molar refractivity (Wildman–Crippen MR) is 303 cm³/mol. The molecule has 28 nitrogen and oxygen atoms in total. The van der Waals surface area contributed by atoms with Crippen LogP contribution < -0.4 is 98.2 Å². The zero-order valence-corrected chi connectivity index (χ0v) is 46.4. The molecular weight excluding hydrogens is 981 g/mol. The van der Waals surface area contributed by atoms with Crippen molar-refractivity contribution in [2.75, 3.05) is 236 Å². The molecule has 76 heavy (non-hydrogen) atoms. The number of carbonyl (C=O) groups excluding carboxylic acids is 6. The fourth-order valence-corrected chi connectivity index (χ4v) is 7.38. The third-order valence-corrected chi connectivity index (χ3v) is 11.8. The Balaban J connectivity index is 6.55. The highest BCUT2D eigenvalue weighted by molar-refractivity contribution is 5.78. The number of carbonyl (C=O) groups is 6. The maximum Gasteiger partial charge on any atom is 0.221 e. The van der Waals surface area contributed by atoms with Gasteiger partial charge in [-0.25, -0.2) is 0 Å². The van der Waals surface area contributed by atoms with Crippen LogP contribution in [0, 0.1) is 0 Å². The van der Waals surface area contributed by atoms with Gasteiger partial charge in [-0.3, -0.25) is 33.7 Å². The van der Waals surface area contributed by atoms with E-state index < -0.39 is 0 Å². The highest BCUT2D eigenvalue weighted by Crippen LogP contribution is 2.04. The highest BCUT2D eigenvalue weighted by atomic mass is 16.2. The van der Waals surface area contributed by atoms with Gasteiger partial charge < -0.3 is 113 Å². The molecule has 0 heterocycles. The summed E-state index contributed by atoms with van der Waals surface area (Å²) in [7, 11) is 0. The zero-order valence-electron chi connectivity index (χ0n) is 46.4. The van der Waals surface area contributed by atoms with Gasteiger partial charge in [0.05, 0.1) is 0 Å². The molecule has 0 saturated heterocycles. The highest BCUT2D eigenvalue weighted by Gasteiger charge is 2.19. The molecule has 0 spiro atoms. The topological polar surface area (TPSA) is 416 Å². The number of nitrogens with two attached hydrogens (primary N) is 6. The number of hydrogen-bond donors (Lipinski definition) is 18. The summed E-state index contributed by atoms with van der Waals surface area (Å²) in [6.45, 7) is 19.0. The van der Waals surface area contributed by atoms with E-state index in [9.17, 15) is 28.8 Å². The van der Waals surface area contributed by atoms with E-state index in [1.54, 1.807) is 0 Å². The van der Waals surface area contributed by atoms with Crippen LogP contribution in [0.15, 0.2) is 0 Å². The predicted octanol–water partition coefficient (Wildman–Crippen LogP) is -9.48. The minimum atomic E-state index is -0.100. The molecular formula is C48H108N22O6. The first-order valence-corrected chi connectivity index (χ1v) is 28.0.